The number of rotatable bonds is 6. The van der Waals surface area contributed by atoms with Crippen molar-refractivity contribution in [3.63, 3.8) is 0 Å². The molecule has 0 aromatic heterocycles. The van der Waals surface area contributed by atoms with Crippen LogP contribution in [0.5, 0.6) is 0 Å². The Morgan fingerprint density at radius 3 is 1.95 bits per heavy atom. The van der Waals surface area contributed by atoms with Gasteiger partial charge in [-0.3, -0.25) is 9.59 Å². The van der Waals surface area contributed by atoms with Crippen LogP contribution >= 0.6 is 0 Å². The Bertz CT molecular complexity index is 576. The summed E-state index contributed by atoms with van der Waals surface area (Å²) >= 11 is 0. The van der Waals surface area contributed by atoms with Crippen molar-refractivity contribution < 1.29 is 19.5 Å². The molecule has 1 aromatic carbocycles. The minimum atomic E-state index is -1.07. The van der Waals surface area contributed by atoms with E-state index in [1.165, 1.54) is 12.1 Å². The second kappa shape index (κ2) is 6.60. The summed E-state index contributed by atoms with van der Waals surface area (Å²) in [6.07, 6.45) is 2.02. The molecule has 1 fully saturated rings. The van der Waals surface area contributed by atoms with E-state index in [-0.39, 0.29) is 17.9 Å². The Kier molecular flexibility index (Phi) is 4.80. The number of hydrogen-bond acceptors (Lipinski definition) is 3. The van der Waals surface area contributed by atoms with E-state index in [4.69, 9.17) is 5.11 Å². The Hall–Kier alpha value is -2.37. The zero-order chi connectivity index (χ0) is 16.3. The van der Waals surface area contributed by atoms with Crippen LogP contribution < -0.4 is 10.6 Å². The lowest BCUT2D eigenvalue weighted by Crippen LogP contribution is -2.44. The fourth-order valence-corrected chi connectivity index (χ4v) is 2.01. The molecule has 0 bridgehead atoms. The summed E-state index contributed by atoms with van der Waals surface area (Å²) in [6, 6.07) is 5.52. The van der Waals surface area contributed by atoms with Gasteiger partial charge in [-0.25, -0.2) is 4.79 Å². The zero-order valence-electron chi connectivity index (χ0n) is 12.6. The van der Waals surface area contributed by atoms with Crippen LogP contribution in [0.15, 0.2) is 24.3 Å². The lowest BCUT2D eigenvalue weighted by atomic mass is 10.0. The number of benzene rings is 1. The first kappa shape index (κ1) is 16.0. The predicted molar refractivity (Wildman–Crippen MR) is 80.7 cm³/mol. The Labute approximate surface area is 128 Å². The quantitative estimate of drug-likeness (QED) is 0.740. The molecule has 3 N–H and O–H groups in total. The maximum absolute atomic E-state index is 12.1. The van der Waals surface area contributed by atoms with Gasteiger partial charge < -0.3 is 15.7 Å². The summed E-state index contributed by atoms with van der Waals surface area (Å²) in [5, 5.41) is 14.4. The van der Waals surface area contributed by atoms with Crippen LogP contribution in [0.1, 0.15) is 47.4 Å². The van der Waals surface area contributed by atoms with E-state index in [9.17, 15) is 14.4 Å². The first-order valence-corrected chi connectivity index (χ1v) is 7.33. The maximum atomic E-state index is 12.1. The van der Waals surface area contributed by atoms with Gasteiger partial charge in [-0.15, -0.1) is 0 Å². The monoisotopic (exact) mass is 304 g/mol. The summed E-state index contributed by atoms with van der Waals surface area (Å²) in [4.78, 5) is 35.0. The minimum Gasteiger partial charge on any atom is -0.480 e. The van der Waals surface area contributed by atoms with E-state index in [0.29, 0.717) is 11.1 Å². The van der Waals surface area contributed by atoms with Gasteiger partial charge in [0.05, 0.1) is 0 Å². The Morgan fingerprint density at radius 2 is 1.55 bits per heavy atom. The number of carboxylic acid groups (broad SMARTS) is 1. The molecule has 2 rings (SSSR count). The molecule has 0 aliphatic heterocycles. The van der Waals surface area contributed by atoms with Gasteiger partial charge >= 0.3 is 5.97 Å². The number of hydrogen-bond donors (Lipinski definition) is 3. The van der Waals surface area contributed by atoms with Crippen molar-refractivity contribution in [2.45, 2.75) is 38.8 Å². The van der Waals surface area contributed by atoms with E-state index < -0.39 is 17.9 Å². The Balaban J connectivity index is 2.01. The third-order valence-corrected chi connectivity index (χ3v) is 3.54. The molecule has 1 aromatic rings. The molecule has 1 saturated carbocycles. The molecule has 0 spiro atoms. The second-order valence-electron chi connectivity index (χ2n) is 5.86. The first-order valence-electron chi connectivity index (χ1n) is 7.33. The predicted octanol–water partition coefficient (Wildman–Crippen LogP) is 1.42. The van der Waals surface area contributed by atoms with E-state index in [1.807, 2.05) is 0 Å². The lowest BCUT2D eigenvalue weighted by molar-refractivity contribution is -0.140. The van der Waals surface area contributed by atoms with Crippen molar-refractivity contribution in [3.05, 3.63) is 35.4 Å². The van der Waals surface area contributed by atoms with Gasteiger partial charge in [0, 0.05) is 17.2 Å². The lowest BCUT2D eigenvalue weighted by Gasteiger charge is -2.17. The third-order valence-electron chi connectivity index (χ3n) is 3.54. The van der Waals surface area contributed by atoms with Crippen LogP contribution in [0.3, 0.4) is 0 Å². The smallest absolute Gasteiger partial charge is 0.326 e. The summed E-state index contributed by atoms with van der Waals surface area (Å²) in [7, 11) is 0. The molecule has 6 nitrogen and oxygen atoms in total. The van der Waals surface area contributed by atoms with Gasteiger partial charge in [-0.05, 0) is 43.0 Å². The second-order valence-corrected chi connectivity index (χ2v) is 5.86. The highest BCUT2D eigenvalue weighted by Gasteiger charge is 2.25. The van der Waals surface area contributed by atoms with E-state index >= 15 is 0 Å². The number of aliphatic carboxylic acids is 1. The molecule has 118 valence electrons. The summed E-state index contributed by atoms with van der Waals surface area (Å²) in [6.45, 7) is 3.45. The molecule has 1 aliphatic rings. The van der Waals surface area contributed by atoms with E-state index in [0.717, 1.165) is 12.8 Å². The summed E-state index contributed by atoms with van der Waals surface area (Å²) < 4.78 is 0. The normalized spacial score (nSPS) is 15.2. The summed E-state index contributed by atoms with van der Waals surface area (Å²) in [5.41, 5.74) is 0.817. The SMILES string of the molecule is CC(C)C(NC(=O)c1ccc(C(=O)NC2CC2)cc1)C(=O)O. The van der Waals surface area contributed by atoms with Gasteiger partial charge in [-0.1, -0.05) is 13.8 Å². The van der Waals surface area contributed by atoms with Crippen molar-refractivity contribution in [2.24, 2.45) is 5.92 Å². The highest BCUT2D eigenvalue weighted by atomic mass is 16.4. The highest BCUT2D eigenvalue weighted by Crippen LogP contribution is 2.19. The van der Waals surface area contributed by atoms with Crippen molar-refractivity contribution in [1.29, 1.82) is 0 Å². The molecular formula is C16H20N2O4. The van der Waals surface area contributed by atoms with Crippen molar-refractivity contribution in [1.82, 2.24) is 10.6 Å². The average Bonchev–Trinajstić information content (AvgIpc) is 3.27. The number of nitrogens with one attached hydrogen (secondary N) is 2. The van der Waals surface area contributed by atoms with Crippen LogP contribution in [0.2, 0.25) is 0 Å². The molecule has 0 heterocycles. The standard InChI is InChI=1S/C16H20N2O4/c1-9(2)13(16(21)22)18-15(20)11-5-3-10(4-6-11)14(19)17-12-7-8-12/h3-6,9,12-13H,7-8H2,1-2H3,(H,17,19)(H,18,20)(H,21,22). The molecule has 0 radical (unpaired) electrons. The van der Waals surface area contributed by atoms with Gasteiger partial charge in [0.2, 0.25) is 0 Å². The third kappa shape index (κ3) is 4.07. The first-order chi connectivity index (χ1) is 10.4. The Morgan fingerprint density at radius 1 is 1.05 bits per heavy atom. The topological polar surface area (TPSA) is 95.5 Å². The minimum absolute atomic E-state index is 0.153. The molecule has 22 heavy (non-hydrogen) atoms. The number of carbonyl (C=O) groups is 3. The van der Waals surface area contributed by atoms with Crippen molar-refractivity contribution in [2.75, 3.05) is 0 Å². The molecule has 1 aliphatic carbocycles. The van der Waals surface area contributed by atoms with E-state index in [2.05, 4.69) is 10.6 Å². The van der Waals surface area contributed by atoms with Gasteiger partial charge in [-0.2, -0.15) is 0 Å². The molecule has 1 unspecified atom stereocenters. The largest absolute Gasteiger partial charge is 0.480 e. The molecule has 0 saturated heterocycles. The number of carboxylic acids is 1. The average molecular weight is 304 g/mol. The number of amides is 2. The van der Waals surface area contributed by atoms with Gasteiger partial charge in [0.1, 0.15) is 6.04 Å². The van der Waals surface area contributed by atoms with Gasteiger partial charge in [0.25, 0.3) is 11.8 Å². The van der Waals surface area contributed by atoms with E-state index in [1.54, 1.807) is 26.0 Å². The van der Waals surface area contributed by atoms with Crippen LogP contribution in [0.25, 0.3) is 0 Å². The molecular weight excluding hydrogens is 284 g/mol. The van der Waals surface area contributed by atoms with Crippen LogP contribution in [0, 0.1) is 5.92 Å². The van der Waals surface area contributed by atoms with Crippen LogP contribution in [0.4, 0.5) is 0 Å². The van der Waals surface area contributed by atoms with Crippen LogP contribution in [-0.2, 0) is 4.79 Å². The fourth-order valence-electron chi connectivity index (χ4n) is 2.01. The number of carbonyl (C=O) groups excluding carboxylic acids is 2. The van der Waals surface area contributed by atoms with Crippen LogP contribution in [-0.4, -0.2) is 35.0 Å². The van der Waals surface area contributed by atoms with Crippen molar-refractivity contribution >= 4 is 17.8 Å². The zero-order valence-corrected chi connectivity index (χ0v) is 12.6. The van der Waals surface area contributed by atoms with Gasteiger partial charge in [0.15, 0.2) is 0 Å². The summed E-state index contributed by atoms with van der Waals surface area (Å²) in [5.74, 6) is -1.90. The highest BCUT2D eigenvalue weighted by molar-refractivity contribution is 5.99. The fraction of sp³-hybridized carbons (Fsp3) is 0.438. The molecule has 2 amide bonds. The molecule has 1 atom stereocenters. The van der Waals surface area contributed by atoms with Crippen molar-refractivity contribution in [3.8, 4) is 0 Å². The maximum Gasteiger partial charge on any atom is 0.326 e. The molecule has 6 heteroatoms.